The minimum atomic E-state index is -4.94. The SMILES string of the molecule is CCC.O=C(NCc1cc(C(F)(F)F)cc(C(F)(F)F)c1)C1CCC(NC2CCOCC2n2cnnn2)C1. The lowest BCUT2D eigenvalue weighted by atomic mass is 10.0. The molecule has 14 heteroatoms. The normalized spacial score (nSPS) is 24.0. The van der Waals surface area contributed by atoms with Gasteiger partial charge in [0.15, 0.2) is 0 Å². The van der Waals surface area contributed by atoms with Gasteiger partial charge in [0.2, 0.25) is 5.91 Å². The molecular formula is C24H32F6N6O2. The zero-order valence-electron chi connectivity index (χ0n) is 21.1. The maximum atomic E-state index is 13.1. The summed E-state index contributed by atoms with van der Waals surface area (Å²) in [6.07, 6.45) is -4.62. The minimum Gasteiger partial charge on any atom is -0.379 e. The van der Waals surface area contributed by atoms with Crippen LogP contribution in [0.1, 0.15) is 68.7 Å². The van der Waals surface area contributed by atoms with Crippen LogP contribution in [0.5, 0.6) is 0 Å². The molecule has 4 unspecified atom stereocenters. The van der Waals surface area contributed by atoms with Crippen molar-refractivity contribution < 1.29 is 35.9 Å². The van der Waals surface area contributed by atoms with E-state index >= 15 is 0 Å². The summed E-state index contributed by atoms with van der Waals surface area (Å²) in [6, 6.07) is 1.27. The highest BCUT2D eigenvalue weighted by molar-refractivity contribution is 5.79. The fourth-order valence-electron chi connectivity index (χ4n) is 4.63. The smallest absolute Gasteiger partial charge is 0.379 e. The number of amides is 1. The number of nitrogens with zero attached hydrogens (tertiary/aromatic N) is 4. The van der Waals surface area contributed by atoms with E-state index in [1.165, 1.54) is 12.7 Å². The van der Waals surface area contributed by atoms with Gasteiger partial charge >= 0.3 is 12.4 Å². The van der Waals surface area contributed by atoms with Crippen LogP contribution in [0.2, 0.25) is 0 Å². The molecule has 0 spiro atoms. The molecule has 2 aromatic rings. The largest absolute Gasteiger partial charge is 0.416 e. The van der Waals surface area contributed by atoms with Gasteiger partial charge in [0, 0.05) is 31.2 Å². The summed E-state index contributed by atoms with van der Waals surface area (Å²) in [4.78, 5) is 12.6. The van der Waals surface area contributed by atoms with Crippen molar-refractivity contribution in [2.75, 3.05) is 13.2 Å². The van der Waals surface area contributed by atoms with Crippen LogP contribution >= 0.6 is 0 Å². The quantitative estimate of drug-likeness (QED) is 0.514. The zero-order chi connectivity index (χ0) is 27.9. The molecule has 212 valence electrons. The number of carbonyl (C=O) groups excluding carboxylic acids is 1. The monoisotopic (exact) mass is 550 g/mol. The summed E-state index contributed by atoms with van der Waals surface area (Å²) in [6.45, 7) is 4.84. The molecule has 1 saturated carbocycles. The lowest BCUT2D eigenvalue weighted by Gasteiger charge is -2.33. The highest BCUT2D eigenvalue weighted by Gasteiger charge is 2.38. The Balaban J connectivity index is 0.00000127. The number of alkyl halides is 6. The van der Waals surface area contributed by atoms with Crippen molar-refractivity contribution in [2.24, 2.45) is 5.92 Å². The first-order valence-electron chi connectivity index (χ1n) is 12.5. The van der Waals surface area contributed by atoms with Crippen molar-refractivity contribution in [1.82, 2.24) is 30.8 Å². The lowest BCUT2D eigenvalue weighted by molar-refractivity contribution is -0.143. The van der Waals surface area contributed by atoms with Crippen LogP contribution in [0.25, 0.3) is 0 Å². The number of halogens is 6. The Kier molecular flexibility index (Phi) is 10.1. The summed E-state index contributed by atoms with van der Waals surface area (Å²) >= 11 is 0. The Labute approximate surface area is 216 Å². The highest BCUT2D eigenvalue weighted by Crippen LogP contribution is 2.36. The van der Waals surface area contributed by atoms with E-state index in [1.54, 1.807) is 4.68 Å². The number of nitrogens with one attached hydrogen (secondary N) is 2. The van der Waals surface area contributed by atoms with Gasteiger partial charge in [0.1, 0.15) is 6.33 Å². The topological polar surface area (TPSA) is 94.0 Å². The minimum absolute atomic E-state index is 0.0261. The van der Waals surface area contributed by atoms with Gasteiger partial charge in [-0.2, -0.15) is 26.3 Å². The van der Waals surface area contributed by atoms with Crippen molar-refractivity contribution in [2.45, 2.75) is 83.0 Å². The highest BCUT2D eigenvalue weighted by atomic mass is 19.4. The second-order valence-electron chi connectivity index (χ2n) is 9.54. The van der Waals surface area contributed by atoms with Crippen molar-refractivity contribution in [1.29, 1.82) is 0 Å². The first-order chi connectivity index (χ1) is 17.9. The summed E-state index contributed by atoms with van der Waals surface area (Å²) in [5, 5.41) is 17.3. The molecule has 4 rings (SSSR count). The summed E-state index contributed by atoms with van der Waals surface area (Å²) < 4.78 is 85.5. The molecule has 2 N–H and O–H groups in total. The number of benzene rings is 1. The van der Waals surface area contributed by atoms with Gasteiger partial charge in [-0.15, -0.1) is 5.10 Å². The number of hydrogen-bond donors (Lipinski definition) is 2. The van der Waals surface area contributed by atoms with Gasteiger partial charge in [-0.25, -0.2) is 4.68 Å². The number of ether oxygens (including phenoxy) is 1. The number of rotatable bonds is 6. The average molecular weight is 551 g/mol. The van der Waals surface area contributed by atoms with Crippen molar-refractivity contribution >= 4 is 5.91 Å². The number of aromatic nitrogens is 4. The molecule has 38 heavy (non-hydrogen) atoms. The molecule has 1 saturated heterocycles. The van der Waals surface area contributed by atoms with Crippen LogP contribution < -0.4 is 10.6 Å². The van der Waals surface area contributed by atoms with Crippen LogP contribution in [-0.2, 0) is 28.4 Å². The third kappa shape index (κ3) is 8.13. The van der Waals surface area contributed by atoms with Crippen LogP contribution in [0.15, 0.2) is 24.5 Å². The molecular weight excluding hydrogens is 518 g/mol. The second-order valence-corrected chi connectivity index (χ2v) is 9.54. The summed E-state index contributed by atoms with van der Waals surface area (Å²) in [7, 11) is 0. The molecule has 1 aliphatic carbocycles. The molecule has 4 atom stereocenters. The molecule has 2 fully saturated rings. The summed E-state index contributed by atoms with van der Waals surface area (Å²) in [5.74, 6) is -0.795. The van der Waals surface area contributed by atoms with Crippen LogP contribution in [-0.4, -0.2) is 51.4 Å². The van der Waals surface area contributed by atoms with Gasteiger partial charge in [-0.05, 0) is 59.9 Å². The van der Waals surface area contributed by atoms with Gasteiger partial charge in [-0.3, -0.25) is 4.79 Å². The van der Waals surface area contributed by atoms with E-state index in [0.29, 0.717) is 44.6 Å². The number of carbonyl (C=O) groups is 1. The Morgan fingerprint density at radius 3 is 2.29 bits per heavy atom. The van der Waals surface area contributed by atoms with Gasteiger partial charge in [0.25, 0.3) is 0 Å². The fourth-order valence-corrected chi connectivity index (χ4v) is 4.63. The fraction of sp³-hybridized carbons (Fsp3) is 0.667. The molecule has 0 bridgehead atoms. The van der Waals surface area contributed by atoms with Crippen LogP contribution in [0.4, 0.5) is 26.3 Å². The molecule has 0 radical (unpaired) electrons. The van der Waals surface area contributed by atoms with Crippen LogP contribution in [0, 0.1) is 5.92 Å². The molecule has 8 nitrogen and oxygen atoms in total. The Morgan fingerprint density at radius 1 is 1.05 bits per heavy atom. The van der Waals surface area contributed by atoms with Crippen molar-refractivity contribution in [3.63, 3.8) is 0 Å². The molecule has 1 amide bonds. The van der Waals surface area contributed by atoms with Gasteiger partial charge in [-0.1, -0.05) is 20.3 Å². The molecule has 1 aromatic carbocycles. The first-order valence-corrected chi connectivity index (χ1v) is 12.5. The van der Waals surface area contributed by atoms with E-state index in [0.717, 1.165) is 6.42 Å². The Hall–Kier alpha value is -2.74. The third-order valence-corrected chi connectivity index (χ3v) is 6.40. The first kappa shape index (κ1) is 29.8. The maximum absolute atomic E-state index is 13.1. The Bertz CT molecular complexity index is 998. The van der Waals surface area contributed by atoms with E-state index in [9.17, 15) is 31.1 Å². The van der Waals surface area contributed by atoms with Gasteiger partial charge in [0.05, 0.1) is 23.8 Å². The van der Waals surface area contributed by atoms with Crippen molar-refractivity contribution in [3.8, 4) is 0 Å². The second kappa shape index (κ2) is 12.9. The van der Waals surface area contributed by atoms with E-state index in [1.807, 2.05) is 0 Å². The average Bonchev–Trinajstić information content (AvgIpc) is 3.55. The standard InChI is InChI=1S/C21H24F6N6O2.C3H8/c22-20(23,24)14-5-12(6-15(8-14)21(25,26)27)9-28-19(34)13-1-2-16(7-13)30-17-3-4-35-10-18(17)33-11-29-31-32-33;1-3-2/h5-6,8,11,13,16-18,30H,1-4,7,9-10H2,(H,28,34);3H2,1-2H3. The molecule has 2 heterocycles. The number of tetrazole rings is 1. The van der Waals surface area contributed by atoms with Gasteiger partial charge < -0.3 is 15.4 Å². The Morgan fingerprint density at radius 2 is 1.71 bits per heavy atom. The predicted molar refractivity (Wildman–Crippen MR) is 125 cm³/mol. The maximum Gasteiger partial charge on any atom is 0.416 e. The number of hydrogen-bond acceptors (Lipinski definition) is 6. The van der Waals surface area contributed by atoms with Crippen molar-refractivity contribution in [3.05, 3.63) is 41.2 Å². The zero-order valence-corrected chi connectivity index (χ0v) is 21.1. The van der Waals surface area contributed by atoms with E-state index in [2.05, 4.69) is 40.0 Å². The molecule has 1 aromatic heterocycles. The molecule has 1 aliphatic heterocycles. The third-order valence-electron chi connectivity index (χ3n) is 6.40. The van der Waals surface area contributed by atoms with E-state index in [4.69, 9.17) is 4.74 Å². The summed E-state index contributed by atoms with van der Waals surface area (Å²) in [5.41, 5.74) is -3.08. The predicted octanol–water partition coefficient (Wildman–Crippen LogP) is 4.53. The van der Waals surface area contributed by atoms with Crippen LogP contribution in [0.3, 0.4) is 0 Å². The lowest BCUT2D eigenvalue weighted by Crippen LogP contribution is -2.47. The van der Waals surface area contributed by atoms with E-state index < -0.39 is 41.8 Å². The molecule has 2 aliphatic rings. The van der Waals surface area contributed by atoms with E-state index in [-0.39, 0.29) is 29.8 Å².